The number of alkyl halides is 1. The van der Waals surface area contributed by atoms with Crippen LogP contribution < -0.4 is 5.32 Å². The smallest absolute Gasteiger partial charge is 0.0348 e. The van der Waals surface area contributed by atoms with Gasteiger partial charge in [0, 0.05) is 24.4 Å². The number of rotatable bonds is 7. The summed E-state index contributed by atoms with van der Waals surface area (Å²) in [5.74, 6) is 1.32. The molecule has 0 heterocycles. The average molecular weight is 268 g/mol. The van der Waals surface area contributed by atoms with E-state index in [1.54, 1.807) is 0 Å². The Bertz CT molecular complexity index is 343. The van der Waals surface area contributed by atoms with E-state index in [-0.39, 0.29) is 5.41 Å². The van der Waals surface area contributed by atoms with Crippen LogP contribution in [-0.4, -0.2) is 19.0 Å². The molecule has 0 radical (unpaired) electrons. The van der Waals surface area contributed by atoms with Crippen LogP contribution in [0.15, 0.2) is 24.3 Å². The molecule has 1 aromatic carbocycles. The van der Waals surface area contributed by atoms with Crippen LogP contribution in [0, 0.1) is 0 Å². The van der Waals surface area contributed by atoms with Crippen molar-refractivity contribution in [3.05, 3.63) is 35.4 Å². The zero-order valence-electron chi connectivity index (χ0n) is 12.1. The fourth-order valence-corrected chi connectivity index (χ4v) is 2.20. The van der Waals surface area contributed by atoms with Crippen LogP contribution >= 0.6 is 11.6 Å². The van der Waals surface area contributed by atoms with E-state index in [2.05, 4.69) is 57.3 Å². The minimum Gasteiger partial charge on any atom is -0.315 e. The molecule has 0 saturated carbocycles. The zero-order valence-corrected chi connectivity index (χ0v) is 12.8. The Balaban J connectivity index is 2.71. The number of halogens is 1. The van der Waals surface area contributed by atoms with Gasteiger partial charge in [-0.2, -0.15) is 0 Å². The van der Waals surface area contributed by atoms with E-state index in [9.17, 15) is 0 Å². The quantitative estimate of drug-likeness (QED) is 0.574. The molecule has 0 aromatic heterocycles. The van der Waals surface area contributed by atoms with Gasteiger partial charge in [-0.05, 0) is 23.5 Å². The van der Waals surface area contributed by atoms with Crippen molar-refractivity contribution in [2.45, 2.75) is 45.4 Å². The average Bonchev–Trinajstić information content (AvgIpc) is 2.38. The van der Waals surface area contributed by atoms with E-state index in [1.807, 2.05) is 0 Å². The Morgan fingerprint density at radius 3 is 2.33 bits per heavy atom. The fraction of sp³-hybridized carbons (Fsp3) is 0.625. The van der Waals surface area contributed by atoms with Crippen LogP contribution in [0.2, 0.25) is 0 Å². The maximum atomic E-state index is 5.69. The predicted molar refractivity (Wildman–Crippen MR) is 81.8 cm³/mol. The molecule has 1 unspecified atom stereocenters. The second-order valence-electron chi connectivity index (χ2n) is 5.68. The van der Waals surface area contributed by atoms with Crippen molar-refractivity contribution in [1.82, 2.24) is 5.32 Å². The highest BCUT2D eigenvalue weighted by molar-refractivity contribution is 6.18. The van der Waals surface area contributed by atoms with Crippen LogP contribution in [0.5, 0.6) is 0 Å². The molecule has 1 atom stereocenters. The van der Waals surface area contributed by atoms with E-state index in [1.165, 1.54) is 17.5 Å². The highest BCUT2D eigenvalue weighted by Crippen LogP contribution is 2.25. The molecule has 0 spiro atoms. The third-order valence-electron chi connectivity index (χ3n) is 3.71. The van der Waals surface area contributed by atoms with Crippen molar-refractivity contribution < 1.29 is 0 Å². The molecule has 0 saturated heterocycles. The van der Waals surface area contributed by atoms with Crippen LogP contribution in [0.25, 0.3) is 0 Å². The van der Waals surface area contributed by atoms with Gasteiger partial charge in [-0.3, -0.25) is 0 Å². The normalized spacial score (nSPS) is 13.6. The molecule has 0 aliphatic heterocycles. The van der Waals surface area contributed by atoms with E-state index < -0.39 is 0 Å². The summed E-state index contributed by atoms with van der Waals surface area (Å²) in [6.07, 6.45) is 1.19. The van der Waals surface area contributed by atoms with Gasteiger partial charge in [0.1, 0.15) is 0 Å². The first kappa shape index (κ1) is 15.5. The number of nitrogens with one attached hydrogen (secondary N) is 1. The summed E-state index contributed by atoms with van der Waals surface area (Å²) in [6.45, 7) is 10.9. The molecule has 0 aliphatic carbocycles. The minimum absolute atomic E-state index is 0.153. The molecule has 102 valence electrons. The highest BCUT2D eigenvalue weighted by atomic mass is 35.5. The van der Waals surface area contributed by atoms with Crippen LogP contribution in [0.3, 0.4) is 0 Å². The van der Waals surface area contributed by atoms with Gasteiger partial charge in [0.25, 0.3) is 0 Å². The first-order valence-electron chi connectivity index (χ1n) is 6.88. The Hall–Kier alpha value is -0.530. The summed E-state index contributed by atoms with van der Waals surface area (Å²) in [6, 6.07) is 9.08. The standard InChI is InChI=1S/C16H26ClN/c1-5-13(2)14-6-8-15(9-7-14)16(3,4)12-18-11-10-17/h6-9,13,18H,5,10-12H2,1-4H3. The first-order valence-corrected chi connectivity index (χ1v) is 7.42. The van der Waals surface area contributed by atoms with Crippen molar-refractivity contribution in [2.75, 3.05) is 19.0 Å². The van der Waals surface area contributed by atoms with Crippen molar-refractivity contribution in [1.29, 1.82) is 0 Å². The predicted octanol–water partition coefficient (Wildman–Crippen LogP) is 4.31. The molecule has 2 heteroatoms. The molecule has 0 bridgehead atoms. The Labute approximate surface area is 117 Å². The molecular weight excluding hydrogens is 242 g/mol. The SMILES string of the molecule is CCC(C)c1ccc(C(C)(C)CNCCCl)cc1. The summed E-state index contributed by atoms with van der Waals surface area (Å²) in [7, 11) is 0. The van der Waals surface area contributed by atoms with Gasteiger partial charge in [0.15, 0.2) is 0 Å². The molecule has 1 N–H and O–H groups in total. The molecule has 1 aromatic rings. The van der Waals surface area contributed by atoms with Gasteiger partial charge in [-0.25, -0.2) is 0 Å². The van der Waals surface area contributed by atoms with E-state index in [4.69, 9.17) is 11.6 Å². The number of benzene rings is 1. The summed E-state index contributed by atoms with van der Waals surface area (Å²) < 4.78 is 0. The molecule has 0 fully saturated rings. The van der Waals surface area contributed by atoms with E-state index >= 15 is 0 Å². The van der Waals surface area contributed by atoms with E-state index in [0.29, 0.717) is 11.8 Å². The second kappa shape index (κ2) is 7.16. The molecule has 1 rings (SSSR count). The summed E-state index contributed by atoms with van der Waals surface area (Å²) in [4.78, 5) is 0. The summed E-state index contributed by atoms with van der Waals surface area (Å²) >= 11 is 5.69. The third-order valence-corrected chi connectivity index (χ3v) is 3.90. The molecular formula is C16H26ClN. The Kier molecular flexibility index (Phi) is 6.17. The minimum atomic E-state index is 0.153. The van der Waals surface area contributed by atoms with Crippen molar-refractivity contribution in [2.24, 2.45) is 0 Å². The maximum Gasteiger partial charge on any atom is 0.0348 e. The lowest BCUT2D eigenvalue weighted by atomic mass is 9.83. The van der Waals surface area contributed by atoms with Crippen molar-refractivity contribution in [3.8, 4) is 0 Å². The van der Waals surface area contributed by atoms with Gasteiger partial charge in [-0.15, -0.1) is 11.6 Å². The molecule has 0 amide bonds. The van der Waals surface area contributed by atoms with Crippen LogP contribution in [0.1, 0.15) is 51.2 Å². The monoisotopic (exact) mass is 267 g/mol. The third kappa shape index (κ3) is 4.29. The number of hydrogen-bond acceptors (Lipinski definition) is 1. The van der Waals surface area contributed by atoms with Crippen LogP contribution in [-0.2, 0) is 5.41 Å². The fourth-order valence-electron chi connectivity index (χ4n) is 2.07. The van der Waals surface area contributed by atoms with Gasteiger partial charge in [0.2, 0.25) is 0 Å². The molecule has 18 heavy (non-hydrogen) atoms. The largest absolute Gasteiger partial charge is 0.315 e. The van der Waals surface area contributed by atoms with Crippen molar-refractivity contribution >= 4 is 11.6 Å². The Morgan fingerprint density at radius 1 is 1.22 bits per heavy atom. The Morgan fingerprint density at radius 2 is 1.83 bits per heavy atom. The van der Waals surface area contributed by atoms with Gasteiger partial charge >= 0.3 is 0 Å². The summed E-state index contributed by atoms with van der Waals surface area (Å²) in [5, 5.41) is 3.39. The second-order valence-corrected chi connectivity index (χ2v) is 6.06. The highest BCUT2D eigenvalue weighted by Gasteiger charge is 2.20. The zero-order chi connectivity index (χ0) is 13.6. The lowest BCUT2D eigenvalue weighted by Gasteiger charge is -2.26. The number of hydrogen-bond donors (Lipinski definition) is 1. The lowest BCUT2D eigenvalue weighted by molar-refractivity contribution is 0.478. The first-order chi connectivity index (χ1) is 8.51. The van der Waals surface area contributed by atoms with Crippen molar-refractivity contribution in [3.63, 3.8) is 0 Å². The van der Waals surface area contributed by atoms with E-state index in [0.717, 1.165) is 13.1 Å². The topological polar surface area (TPSA) is 12.0 Å². The lowest BCUT2D eigenvalue weighted by Crippen LogP contribution is -2.33. The molecule has 0 aliphatic rings. The molecule has 1 nitrogen and oxygen atoms in total. The van der Waals surface area contributed by atoms with Crippen LogP contribution in [0.4, 0.5) is 0 Å². The van der Waals surface area contributed by atoms with Gasteiger partial charge in [0.05, 0.1) is 0 Å². The summed E-state index contributed by atoms with van der Waals surface area (Å²) in [5.41, 5.74) is 2.97. The van der Waals surface area contributed by atoms with Gasteiger partial charge in [-0.1, -0.05) is 52.0 Å². The maximum absolute atomic E-state index is 5.69. The van der Waals surface area contributed by atoms with Gasteiger partial charge < -0.3 is 5.32 Å².